The number of carbonyl (C=O) groups is 1. The first-order valence-electron chi connectivity index (χ1n) is 9.47. The van der Waals surface area contributed by atoms with Gasteiger partial charge in [0, 0.05) is 5.02 Å². The van der Waals surface area contributed by atoms with Crippen molar-refractivity contribution in [3.05, 3.63) is 87.2 Å². The molecule has 1 atom stereocenters. The third-order valence-electron chi connectivity index (χ3n) is 4.70. The van der Waals surface area contributed by atoms with Gasteiger partial charge in [0.1, 0.15) is 24.0 Å². The highest BCUT2D eigenvalue weighted by Gasteiger charge is 2.36. The Morgan fingerprint density at radius 2 is 2.00 bits per heavy atom. The minimum absolute atomic E-state index is 0.00267. The Labute approximate surface area is 184 Å². The molecule has 0 saturated carbocycles. The third-order valence-corrected chi connectivity index (χ3v) is 4.95. The van der Waals surface area contributed by atoms with Gasteiger partial charge in [-0.05, 0) is 49.2 Å². The molecule has 160 valence electrons. The average Bonchev–Trinajstić information content (AvgIpc) is 2.73. The van der Waals surface area contributed by atoms with Crippen LogP contribution in [0.5, 0.6) is 5.75 Å². The first-order valence-corrected chi connectivity index (χ1v) is 9.85. The fraction of sp³-hybridized carbons (Fsp3) is 0.217. The maximum atomic E-state index is 14.8. The maximum absolute atomic E-state index is 14.8. The topological polar surface area (TPSA) is 94.6 Å². The molecule has 0 bridgehead atoms. The molecule has 0 radical (unpaired) electrons. The van der Waals surface area contributed by atoms with Crippen LogP contribution in [0.3, 0.4) is 0 Å². The van der Waals surface area contributed by atoms with Gasteiger partial charge in [-0.1, -0.05) is 29.8 Å². The van der Waals surface area contributed by atoms with Crippen molar-refractivity contribution in [2.45, 2.75) is 26.4 Å². The highest BCUT2D eigenvalue weighted by atomic mass is 35.5. The highest BCUT2D eigenvalue weighted by molar-refractivity contribution is 6.30. The lowest BCUT2D eigenvalue weighted by Gasteiger charge is -2.27. The molecule has 1 aliphatic heterocycles. The van der Waals surface area contributed by atoms with Gasteiger partial charge in [0.25, 0.3) is 0 Å². The van der Waals surface area contributed by atoms with Crippen LogP contribution in [-0.2, 0) is 20.9 Å². The van der Waals surface area contributed by atoms with Crippen LogP contribution in [0, 0.1) is 17.1 Å². The molecular formula is C23H20ClFN2O4. The number of esters is 1. The number of carbonyl (C=O) groups excluding carboxylic acids is 1. The Hall–Kier alpha value is -3.50. The van der Waals surface area contributed by atoms with Crippen molar-refractivity contribution in [3.8, 4) is 11.8 Å². The molecule has 8 heteroatoms. The number of halogens is 2. The zero-order chi connectivity index (χ0) is 22.5. The number of benzene rings is 2. The van der Waals surface area contributed by atoms with E-state index in [4.69, 9.17) is 31.5 Å². The van der Waals surface area contributed by atoms with Crippen molar-refractivity contribution in [1.29, 1.82) is 5.26 Å². The number of nitrogens with zero attached hydrogens (tertiary/aromatic N) is 1. The van der Waals surface area contributed by atoms with Crippen LogP contribution in [0.1, 0.15) is 30.9 Å². The monoisotopic (exact) mass is 442 g/mol. The van der Waals surface area contributed by atoms with Crippen molar-refractivity contribution in [2.75, 3.05) is 6.61 Å². The number of hydrogen-bond acceptors (Lipinski definition) is 6. The van der Waals surface area contributed by atoms with Gasteiger partial charge in [-0.25, -0.2) is 9.18 Å². The molecule has 1 unspecified atom stereocenters. The molecule has 1 aliphatic rings. The number of nitrogens with two attached hydrogens (primary N) is 1. The summed E-state index contributed by atoms with van der Waals surface area (Å²) in [5, 5.41) is 10.2. The lowest BCUT2D eigenvalue weighted by Crippen LogP contribution is -2.25. The summed E-state index contributed by atoms with van der Waals surface area (Å²) in [7, 11) is 0. The molecule has 1 heterocycles. The number of rotatable bonds is 6. The summed E-state index contributed by atoms with van der Waals surface area (Å²) >= 11 is 5.86. The van der Waals surface area contributed by atoms with E-state index in [0.29, 0.717) is 10.6 Å². The van der Waals surface area contributed by atoms with Crippen LogP contribution in [0.4, 0.5) is 4.39 Å². The van der Waals surface area contributed by atoms with Crippen LogP contribution in [0.2, 0.25) is 5.02 Å². The van der Waals surface area contributed by atoms with Crippen molar-refractivity contribution in [2.24, 2.45) is 5.73 Å². The maximum Gasteiger partial charge on any atom is 0.338 e. The van der Waals surface area contributed by atoms with Crippen LogP contribution in [0.15, 0.2) is 65.3 Å². The molecule has 0 saturated heterocycles. The molecule has 6 nitrogen and oxygen atoms in total. The first kappa shape index (κ1) is 22.2. The van der Waals surface area contributed by atoms with E-state index < -0.39 is 17.7 Å². The number of nitriles is 1. The number of hydrogen-bond donors (Lipinski definition) is 1. The van der Waals surface area contributed by atoms with E-state index in [1.807, 2.05) is 6.07 Å². The largest absolute Gasteiger partial charge is 0.486 e. The second-order valence-electron chi connectivity index (χ2n) is 6.72. The van der Waals surface area contributed by atoms with E-state index in [9.17, 15) is 14.4 Å². The summed E-state index contributed by atoms with van der Waals surface area (Å²) in [6.45, 7) is 3.48. The summed E-state index contributed by atoms with van der Waals surface area (Å²) < 4.78 is 30.9. The van der Waals surface area contributed by atoms with Crippen LogP contribution in [0.25, 0.3) is 0 Å². The molecule has 0 amide bonds. The molecule has 2 aromatic rings. The summed E-state index contributed by atoms with van der Waals surface area (Å²) in [5.41, 5.74) is 7.13. The summed E-state index contributed by atoms with van der Waals surface area (Å²) in [6, 6.07) is 13.2. The van der Waals surface area contributed by atoms with Gasteiger partial charge in [0.05, 0.1) is 18.1 Å². The molecular weight excluding hydrogens is 423 g/mol. The Bertz CT molecular complexity index is 1100. The molecule has 0 aromatic heterocycles. The second kappa shape index (κ2) is 9.54. The number of ether oxygens (including phenoxy) is 3. The molecule has 31 heavy (non-hydrogen) atoms. The van der Waals surface area contributed by atoms with Crippen molar-refractivity contribution in [1.82, 2.24) is 0 Å². The normalized spacial score (nSPS) is 15.9. The van der Waals surface area contributed by atoms with Gasteiger partial charge in [-0.3, -0.25) is 0 Å². The smallest absolute Gasteiger partial charge is 0.338 e. The van der Waals surface area contributed by atoms with Crippen molar-refractivity contribution in [3.63, 3.8) is 0 Å². The van der Waals surface area contributed by atoms with Crippen LogP contribution < -0.4 is 10.5 Å². The Balaban J connectivity index is 1.92. The predicted molar refractivity (Wildman–Crippen MR) is 112 cm³/mol. The zero-order valence-corrected chi connectivity index (χ0v) is 17.7. The van der Waals surface area contributed by atoms with Crippen LogP contribution in [-0.4, -0.2) is 12.6 Å². The Morgan fingerprint density at radius 1 is 1.29 bits per heavy atom. The molecule has 0 spiro atoms. The lowest BCUT2D eigenvalue weighted by atomic mass is 9.83. The van der Waals surface area contributed by atoms with Crippen molar-refractivity contribution >= 4 is 17.6 Å². The predicted octanol–water partition coefficient (Wildman–Crippen LogP) is 4.70. The van der Waals surface area contributed by atoms with Gasteiger partial charge in [-0.15, -0.1) is 0 Å². The molecule has 0 fully saturated rings. The quantitative estimate of drug-likeness (QED) is 0.651. The van der Waals surface area contributed by atoms with Gasteiger partial charge in [-0.2, -0.15) is 5.26 Å². The summed E-state index contributed by atoms with van der Waals surface area (Å²) in [4.78, 5) is 12.5. The van der Waals surface area contributed by atoms with Crippen molar-refractivity contribution < 1.29 is 23.4 Å². The summed E-state index contributed by atoms with van der Waals surface area (Å²) in [6.07, 6.45) is 0. The first-order chi connectivity index (χ1) is 14.8. The Kier molecular flexibility index (Phi) is 6.83. The molecule has 2 aromatic carbocycles. The molecule has 0 aliphatic carbocycles. The lowest BCUT2D eigenvalue weighted by molar-refractivity contribution is -0.139. The third kappa shape index (κ3) is 4.81. The number of allylic oxidation sites excluding steroid dienone is 2. The SMILES string of the molecule is CCOC(=O)C1=C(C)OC(N)=C(C#N)C1c1ccc(OCc2ccc(Cl)cc2)c(F)c1. The van der Waals surface area contributed by atoms with Gasteiger partial charge in [0.15, 0.2) is 11.6 Å². The minimum Gasteiger partial charge on any atom is -0.486 e. The van der Waals surface area contributed by atoms with Gasteiger partial charge in [0.2, 0.25) is 5.88 Å². The van der Waals surface area contributed by atoms with E-state index in [-0.39, 0.29) is 41.8 Å². The second-order valence-corrected chi connectivity index (χ2v) is 7.16. The van der Waals surface area contributed by atoms with E-state index in [1.54, 1.807) is 44.2 Å². The molecule has 3 rings (SSSR count). The van der Waals surface area contributed by atoms with E-state index in [2.05, 4.69) is 0 Å². The minimum atomic E-state index is -0.919. The summed E-state index contributed by atoms with van der Waals surface area (Å²) in [5.74, 6) is -2.13. The van der Waals surface area contributed by atoms with Gasteiger partial charge >= 0.3 is 5.97 Å². The molecule has 2 N–H and O–H groups in total. The Morgan fingerprint density at radius 3 is 2.61 bits per heavy atom. The standard InChI is InChI=1S/C23H20ClFN2O4/c1-3-29-23(28)20-13(2)31-22(27)17(11-26)21(20)15-6-9-19(18(25)10-15)30-12-14-4-7-16(24)8-5-14/h4-10,21H,3,12,27H2,1-2H3. The van der Waals surface area contributed by atoms with Crippen LogP contribution >= 0.6 is 11.6 Å². The average molecular weight is 443 g/mol. The zero-order valence-electron chi connectivity index (χ0n) is 16.9. The van der Waals surface area contributed by atoms with Gasteiger partial charge < -0.3 is 19.9 Å². The van der Waals surface area contributed by atoms with E-state index in [1.165, 1.54) is 12.1 Å². The highest BCUT2D eigenvalue weighted by Crippen LogP contribution is 2.40. The fourth-order valence-electron chi connectivity index (χ4n) is 3.24. The van der Waals surface area contributed by atoms with E-state index in [0.717, 1.165) is 5.56 Å². The fourth-order valence-corrected chi connectivity index (χ4v) is 3.37. The van der Waals surface area contributed by atoms with E-state index >= 15 is 0 Å².